The van der Waals surface area contributed by atoms with Gasteiger partial charge in [0.2, 0.25) is 0 Å². The highest BCUT2D eigenvalue weighted by Crippen LogP contribution is 2.29. The SMILES string of the molecule is Cc1[nH]c(C(=O)NC2CCNCC2N)c(Cl)c1Cl. The van der Waals surface area contributed by atoms with Gasteiger partial charge in [-0.15, -0.1) is 0 Å². The van der Waals surface area contributed by atoms with Gasteiger partial charge in [0, 0.05) is 24.3 Å². The number of nitrogens with two attached hydrogens (primary N) is 1. The van der Waals surface area contributed by atoms with E-state index in [1.165, 1.54) is 0 Å². The number of carbonyl (C=O) groups excluding carboxylic acids is 1. The average Bonchev–Trinajstić information content (AvgIpc) is 2.60. The lowest BCUT2D eigenvalue weighted by molar-refractivity contribution is 0.0919. The van der Waals surface area contributed by atoms with Crippen molar-refractivity contribution in [1.82, 2.24) is 15.6 Å². The van der Waals surface area contributed by atoms with Crippen molar-refractivity contribution in [2.24, 2.45) is 5.73 Å². The Labute approximate surface area is 115 Å². The molecular formula is C11H16Cl2N4O. The van der Waals surface area contributed by atoms with Crippen molar-refractivity contribution >= 4 is 29.1 Å². The molecule has 0 spiro atoms. The predicted molar refractivity (Wildman–Crippen MR) is 72.3 cm³/mol. The molecule has 2 rings (SSSR count). The molecule has 5 nitrogen and oxygen atoms in total. The van der Waals surface area contributed by atoms with Crippen LogP contribution in [0.15, 0.2) is 0 Å². The molecule has 1 aromatic rings. The molecule has 1 amide bonds. The van der Waals surface area contributed by atoms with Crippen LogP contribution in [-0.2, 0) is 0 Å². The molecule has 0 radical (unpaired) electrons. The Morgan fingerprint density at radius 2 is 2.17 bits per heavy atom. The van der Waals surface area contributed by atoms with Crippen LogP contribution in [0.3, 0.4) is 0 Å². The van der Waals surface area contributed by atoms with Crippen LogP contribution in [-0.4, -0.2) is 36.1 Å². The van der Waals surface area contributed by atoms with Gasteiger partial charge >= 0.3 is 0 Å². The first-order valence-electron chi connectivity index (χ1n) is 5.81. The van der Waals surface area contributed by atoms with Crippen LogP contribution in [0, 0.1) is 6.92 Å². The van der Waals surface area contributed by atoms with Crippen molar-refractivity contribution in [2.45, 2.75) is 25.4 Å². The second kappa shape index (κ2) is 5.48. The van der Waals surface area contributed by atoms with Gasteiger partial charge in [0.15, 0.2) is 0 Å². The van der Waals surface area contributed by atoms with E-state index in [1.807, 2.05) is 0 Å². The fourth-order valence-electron chi connectivity index (χ4n) is 2.03. The van der Waals surface area contributed by atoms with Crippen LogP contribution < -0.4 is 16.4 Å². The Balaban J connectivity index is 2.09. The van der Waals surface area contributed by atoms with E-state index >= 15 is 0 Å². The Hall–Kier alpha value is -0.750. The molecular weight excluding hydrogens is 275 g/mol. The highest BCUT2D eigenvalue weighted by molar-refractivity contribution is 6.44. The fourth-order valence-corrected chi connectivity index (χ4v) is 2.45. The quantitative estimate of drug-likeness (QED) is 0.657. The summed E-state index contributed by atoms with van der Waals surface area (Å²) in [5.41, 5.74) is 6.91. The van der Waals surface area contributed by atoms with Gasteiger partial charge in [-0.05, 0) is 19.9 Å². The standard InChI is InChI=1S/C11H16Cl2N4O/c1-5-8(12)9(13)10(16-5)11(18)17-7-2-3-15-4-6(7)14/h6-7,15-16H,2-4,14H2,1H3,(H,17,18). The van der Waals surface area contributed by atoms with Gasteiger partial charge in [0.05, 0.1) is 10.0 Å². The molecule has 2 unspecified atom stereocenters. The Morgan fingerprint density at radius 3 is 2.72 bits per heavy atom. The zero-order chi connectivity index (χ0) is 13.3. The molecule has 1 saturated heterocycles. The summed E-state index contributed by atoms with van der Waals surface area (Å²) in [5, 5.41) is 6.70. The van der Waals surface area contributed by atoms with Crippen molar-refractivity contribution in [3.05, 3.63) is 21.4 Å². The maximum atomic E-state index is 12.1. The van der Waals surface area contributed by atoms with Crippen LogP contribution in [0.4, 0.5) is 0 Å². The van der Waals surface area contributed by atoms with E-state index < -0.39 is 0 Å². The number of aromatic nitrogens is 1. The Bertz CT molecular complexity index is 460. The molecule has 7 heteroatoms. The fraction of sp³-hybridized carbons (Fsp3) is 0.545. The maximum Gasteiger partial charge on any atom is 0.269 e. The van der Waals surface area contributed by atoms with Crippen LogP contribution in [0.2, 0.25) is 10.0 Å². The third-order valence-corrected chi connectivity index (χ3v) is 4.07. The largest absolute Gasteiger partial charge is 0.352 e. The molecule has 5 N–H and O–H groups in total. The van der Waals surface area contributed by atoms with E-state index in [-0.39, 0.29) is 23.0 Å². The van der Waals surface area contributed by atoms with Crippen molar-refractivity contribution in [3.63, 3.8) is 0 Å². The topological polar surface area (TPSA) is 82.9 Å². The van der Waals surface area contributed by atoms with E-state index in [0.29, 0.717) is 23.0 Å². The Kier molecular flexibility index (Phi) is 4.17. The van der Waals surface area contributed by atoms with Gasteiger partial charge in [-0.1, -0.05) is 23.2 Å². The minimum Gasteiger partial charge on any atom is -0.352 e. The number of hydrogen-bond acceptors (Lipinski definition) is 3. The lowest BCUT2D eigenvalue weighted by Crippen LogP contribution is -2.56. The van der Waals surface area contributed by atoms with E-state index in [4.69, 9.17) is 28.9 Å². The lowest BCUT2D eigenvalue weighted by Gasteiger charge is -2.29. The number of aromatic amines is 1. The van der Waals surface area contributed by atoms with Gasteiger partial charge < -0.3 is 21.4 Å². The van der Waals surface area contributed by atoms with Crippen LogP contribution in [0.5, 0.6) is 0 Å². The summed E-state index contributed by atoms with van der Waals surface area (Å²) in [5.74, 6) is -0.266. The smallest absolute Gasteiger partial charge is 0.269 e. The number of carbonyl (C=O) groups is 1. The summed E-state index contributed by atoms with van der Waals surface area (Å²) < 4.78 is 0. The molecule has 1 aromatic heterocycles. The monoisotopic (exact) mass is 290 g/mol. The van der Waals surface area contributed by atoms with E-state index in [9.17, 15) is 4.79 Å². The minimum absolute atomic E-state index is 0.0443. The van der Waals surface area contributed by atoms with Gasteiger partial charge in [-0.3, -0.25) is 4.79 Å². The van der Waals surface area contributed by atoms with Crippen LogP contribution >= 0.6 is 23.2 Å². The first-order valence-corrected chi connectivity index (χ1v) is 6.57. The third-order valence-electron chi connectivity index (χ3n) is 3.13. The third kappa shape index (κ3) is 2.64. The highest BCUT2D eigenvalue weighted by Gasteiger charge is 2.25. The molecule has 0 aliphatic carbocycles. The summed E-state index contributed by atoms with van der Waals surface area (Å²) in [6.45, 7) is 3.31. The van der Waals surface area contributed by atoms with Crippen molar-refractivity contribution in [2.75, 3.05) is 13.1 Å². The second-order valence-corrected chi connectivity index (χ2v) is 5.25. The predicted octanol–water partition coefficient (Wildman–Crippen LogP) is 1.05. The van der Waals surface area contributed by atoms with Gasteiger partial charge in [-0.2, -0.15) is 0 Å². The zero-order valence-electron chi connectivity index (χ0n) is 10.0. The number of hydrogen-bond donors (Lipinski definition) is 4. The normalized spacial score (nSPS) is 24.0. The zero-order valence-corrected chi connectivity index (χ0v) is 11.5. The molecule has 0 saturated carbocycles. The number of amides is 1. The molecule has 0 bridgehead atoms. The second-order valence-electron chi connectivity index (χ2n) is 4.49. The summed E-state index contributed by atoms with van der Waals surface area (Å²) in [6, 6.07) is -0.134. The van der Waals surface area contributed by atoms with Gasteiger partial charge in [-0.25, -0.2) is 0 Å². The summed E-state index contributed by atoms with van der Waals surface area (Å²) in [7, 11) is 0. The number of halogens is 2. The first kappa shape index (κ1) is 13.7. The number of aryl methyl sites for hydroxylation is 1. The highest BCUT2D eigenvalue weighted by atomic mass is 35.5. The van der Waals surface area contributed by atoms with Gasteiger partial charge in [0.1, 0.15) is 5.69 Å². The Morgan fingerprint density at radius 1 is 1.44 bits per heavy atom. The molecule has 2 atom stereocenters. The molecule has 2 heterocycles. The van der Waals surface area contributed by atoms with E-state index in [1.54, 1.807) is 6.92 Å². The average molecular weight is 291 g/mol. The number of H-pyrrole nitrogens is 1. The number of piperidine rings is 1. The van der Waals surface area contributed by atoms with Crippen molar-refractivity contribution < 1.29 is 4.79 Å². The van der Waals surface area contributed by atoms with Crippen LogP contribution in [0.25, 0.3) is 0 Å². The number of rotatable bonds is 2. The molecule has 0 aromatic carbocycles. The number of nitrogens with one attached hydrogen (secondary N) is 3. The summed E-state index contributed by atoms with van der Waals surface area (Å²) in [4.78, 5) is 15.0. The summed E-state index contributed by atoms with van der Waals surface area (Å²) in [6.07, 6.45) is 0.804. The molecule has 100 valence electrons. The molecule has 18 heavy (non-hydrogen) atoms. The summed E-state index contributed by atoms with van der Waals surface area (Å²) >= 11 is 11.9. The van der Waals surface area contributed by atoms with E-state index in [2.05, 4.69) is 15.6 Å². The first-order chi connectivity index (χ1) is 8.50. The molecule has 1 aliphatic heterocycles. The van der Waals surface area contributed by atoms with Crippen LogP contribution in [0.1, 0.15) is 22.6 Å². The minimum atomic E-state index is -0.266. The maximum absolute atomic E-state index is 12.1. The molecule has 1 aliphatic rings. The van der Waals surface area contributed by atoms with Crippen molar-refractivity contribution in [3.8, 4) is 0 Å². The van der Waals surface area contributed by atoms with E-state index in [0.717, 1.165) is 13.0 Å². The lowest BCUT2D eigenvalue weighted by atomic mass is 10.0. The molecule has 1 fully saturated rings. The van der Waals surface area contributed by atoms with Gasteiger partial charge in [0.25, 0.3) is 5.91 Å². The van der Waals surface area contributed by atoms with Crippen molar-refractivity contribution in [1.29, 1.82) is 0 Å².